The molecule has 0 aliphatic carbocycles. The van der Waals surface area contributed by atoms with Crippen molar-refractivity contribution in [3.8, 4) is 0 Å². The van der Waals surface area contributed by atoms with E-state index < -0.39 is 0 Å². The topological polar surface area (TPSA) is 32.3 Å². The van der Waals surface area contributed by atoms with E-state index in [9.17, 15) is 5.11 Å². The van der Waals surface area contributed by atoms with Crippen LogP contribution in [0, 0.1) is 0 Å². The highest BCUT2D eigenvalue weighted by molar-refractivity contribution is 5.43. The molecule has 0 saturated heterocycles. The third-order valence-electron chi connectivity index (χ3n) is 3.42. The monoisotopic (exact) mass is 269 g/mol. The molecule has 106 valence electrons. The number of benzene rings is 2. The lowest BCUT2D eigenvalue weighted by Crippen LogP contribution is -2.22. The van der Waals surface area contributed by atoms with Gasteiger partial charge in [0, 0.05) is 11.7 Å². The molecule has 0 fully saturated rings. The van der Waals surface area contributed by atoms with Gasteiger partial charge in [0.25, 0.3) is 0 Å². The summed E-state index contributed by atoms with van der Waals surface area (Å²) in [7, 11) is 0. The summed E-state index contributed by atoms with van der Waals surface area (Å²) in [6, 6.07) is 20.7. The Labute approximate surface area is 121 Å². The average molecular weight is 269 g/mol. The summed E-state index contributed by atoms with van der Waals surface area (Å²) < 4.78 is 0. The second kappa shape index (κ2) is 7.71. The lowest BCUT2D eigenvalue weighted by Gasteiger charge is -2.19. The predicted octanol–water partition coefficient (Wildman–Crippen LogP) is 3.87. The predicted molar refractivity (Wildman–Crippen MR) is 84.9 cm³/mol. The molecule has 0 saturated carbocycles. The van der Waals surface area contributed by atoms with E-state index in [-0.39, 0.29) is 12.1 Å². The molecule has 2 aromatic carbocycles. The number of anilines is 1. The zero-order valence-electron chi connectivity index (χ0n) is 12.0. The molecule has 2 atom stereocenters. The fourth-order valence-electron chi connectivity index (χ4n) is 2.38. The Morgan fingerprint density at radius 1 is 0.950 bits per heavy atom. The Morgan fingerprint density at radius 2 is 1.55 bits per heavy atom. The quantitative estimate of drug-likeness (QED) is 0.799. The molecular weight excluding hydrogens is 246 g/mol. The van der Waals surface area contributed by atoms with Crippen LogP contribution in [0.2, 0.25) is 0 Å². The Hall–Kier alpha value is -1.80. The van der Waals surface area contributed by atoms with Gasteiger partial charge in [0.05, 0.1) is 6.10 Å². The third kappa shape index (κ3) is 5.06. The molecule has 0 heterocycles. The highest BCUT2D eigenvalue weighted by Crippen LogP contribution is 2.13. The van der Waals surface area contributed by atoms with E-state index in [2.05, 4.69) is 24.4 Å². The third-order valence-corrected chi connectivity index (χ3v) is 3.42. The van der Waals surface area contributed by atoms with Gasteiger partial charge in [0.1, 0.15) is 0 Å². The minimum absolute atomic E-state index is 0.263. The van der Waals surface area contributed by atoms with E-state index in [0.717, 1.165) is 24.9 Å². The van der Waals surface area contributed by atoms with Crippen molar-refractivity contribution in [2.24, 2.45) is 0 Å². The number of hydrogen-bond donors (Lipinski definition) is 2. The second-order valence-corrected chi connectivity index (χ2v) is 5.33. The number of aliphatic hydroxyl groups is 1. The van der Waals surface area contributed by atoms with Gasteiger partial charge in [0.2, 0.25) is 0 Å². The molecule has 2 N–H and O–H groups in total. The fourth-order valence-corrected chi connectivity index (χ4v) is 2.38. The van der Waals surface area contributed by atoms with E-state index in [1.54, 1.807) is 0 Å². The second-order valence-electron chi connectivity index (χ2n) is 5.33. The van der Waals surface area contributed by atoms with Crippen LogP contribution in [0.5, 0.6) is 0 Å². The van der Waals surface area contributed by atoms with Crippen molar-refractivity contribution in [2.75, 3.05) is 5.32 Å². The van der Waals surface area contributed by atoms with Crippen molar-refractivity contribution in [1.82, 2.24) is 0 Å². The van der Waals surface area contributed by atoms with Crippen LogP contribution in [0.15, 0.2) is 60.7 Å². The van der Waals surface area contributed by atoms with Crippen molar-refractivity contribution in [3.63, 3.8) is 0 Å². The van der Waals surface area contributed by atoms with Gasteiger partial charge >= 0.3 is 0 Å². The van der Waals surface area contributed by atoms with Crippen molar-refractivity contribution < 1.29 is 5.11 Å². The Morgan fingerprint density at radius 3 is 2.20 bits per heavy atom. The molecule has 2 aromatic rings. The minimum Gasteiger partial charge on any atom is -0.393 e. The number of aliphatic hydroxyl groups excluding tert-OH is 1. The van der Waals surface area contributed by atoms with Crippen LogP contribution >= 0.6 is 0 Å². The molecule has 20 heavy (non-hydrogen) atoms. The zero-order chi connectivity index (χ0) is 14.2. The molecule has 2 rings (SSSR count). The first kappa shape index (κ1) is 14.6. The van der Waals surface area contributed by atoms with Gasteiger partial charge in [-0.2, -0.15) is 0 Å². The molecule has 0 aliphatic heterocycles. The maximum Gasteiger partial charge on any atom is 0.0562 e. The van der Waals surface area contributed by atoms with Crippen molar-refractivity contribution in [2.45, 2.75) is 38.3 Å². The molecule has 2 heteroatoms. The minimum atomic E-state index is -0.263. The molecule has 0 radical (unpaired) electrons. The summed E-state index contributed by atoms with van der Waals surface area (Å²) in [5.74, 6) is 0. The first-order valence-corrected chi connectivity index (χ1v) is 7.27. The van der Waals surface area contributed by atoms with Gasteiger partial charge in [-0.15, -0.1) is 0 Å². The Kier molecular flexibility index (Phi) is 5.63. The van der Waals surface area contributed by atoms with Crippen LogP contribution in [0.3, 0.4) is 0 Å². The largest absolute Gasteiger partial charge is 0.393 e. The van der Waals surface area contributed by atoms with Crippen LogP contribution in [0.1, 0.15) is 25.3 Å². The average Bonchev–Trinajstić information content (AvgIpc) is 2.47. The molecule has 0 amide bonds. The van der Waals surface area contributed by atoms with Crippen LogP contribution in [-0.2, 0) is 6.42 Å². The first-order chi connectivity index (χ1) is 9.74. The number of hydrogen-bond acceptors (Lipinski definition) is 2. The summed E-state index contributed by atoms with van der Waals surface area (Å²) in [6.07, 6.45) is 2.24. The Bertz CT molecular complexity index is 483. The van der Waals surface area contributed by atoms with Crippen molar-refractivity contribution in [3.05, 3.63) is 66.2 Å². The van der Waals surface area contributed by atoms with E-state index in [0.29, 0.717) is 0 Å². The zero-order valence-corrected chi connectivity index (χ0v) is 12.0. The molecule has 0 unspecified atom stereocenters. The van der Waals surface area contributed by atoms with Gasteiger partial charge in [-0.05, 0) is 43.9 Å². The molecular formula is C18H23NO. The van der Waals surface area contributed by atoms with Gasteiger partial charge in [-0.25, -0.2) is 0 Å². The van der Waals surface area contributed by atoms with Gasteiger partial charge < -0.3 is 10.4 Å². The number of para-hydroxylation sites is 1. The summed E-state index contributed by atoms with van der Waals surface area (Å²) in [6.45, 7) is 2.11. The highest BCUT2D eigenvalue weighted by Gasteiger charge is 2.10. The number of aryl methyl sites for hydroxylation is 1. The summed E-state index contributed by atoms with van der Waals surface area (Å²) >= 11 is 0. The van der Waals surface area contributed by atoms with Gasteiger partial charge in [0.15, 0.2) is 0 Å². The summed E-state index contributed by atoms with van der Waals surface area (Å²) in [5.41, 5.74) is 2.39. The summed E-state index contributed by atoms with van der Waals surface area (Å²) in [4.78, 5) is 0. The highest BCUT2D eigenvalue weighted by atomic mass is 16.3. The van der Waals surface area contributed by atoms with Crippen LogP contribution < -0.4 is 5.32 Å². The van der Waals surface area contributed by atoms with Crippen LogP contribution in [0.4, 0.5) is 5.69 Å². The Balaban J connectivity index is 1.72. The normalized spacial score (nSPS) is 13.7. The lowest BCUT2D eigenvalue weighted by molar-refractivity contribution is 0.150. The molecule has 0 spiro atoms. The lowest BCUT2D eigenvalue weighted by atomic mass is 10.0. The van der Waals surface area contributed by atoms with E-state index in [1.807, 2.05) is 48.5 Å². The van der Waals surface area contributed by atoms with Crippen LogP contribution in [-0.4, -0.2) is 17.3 Å². The fraction of sp³-hybridized carbons (Fsp3) is 0.333. The van der Waals surface area contributed by atoms with Crippen molar-refractivity contribution >= 4 is 5.69 Å². The standard InChI is InChI=1S/C18H23NO/c1-15(19-17-10-6-3-7-11-17)14-18(20)13-12-16-8-4-2-5-9-16/h2-11,15,18-20H,12-14H2,1H3/t15-,18+/m0/s1. The molecule has 0 aromatic heterocycles. The maximum atomic E-state index is 10.1. The molecule has 2 nitrogen and oxygen atoms in total. The first-order valence-electron chi connectivity index (χ1n) is 7.27. The van der Waals surface area contributed by atoms with E-state index in [1.165, 1.54) is 5.56 Å². The van der Waals surface area contributed by atoms with E-state index in [4.69, 9.17) is 0 Å². The SMILES string of the molecule is C[C@@H](C[C@H](O)CCc1ccccc1)Nc1ccccc1. The van der Waals surface area contributed by atoms with Crippen LogP contribution in [0.25, 0.3) is 0 Å². The molecule has 0 bridgehead atoms. The smallest absolute Gasteiger partial charge is 0.0562 e. The van der Waals surface area contributed by atoms with Gasteiger partial charge in [-0.1, -0.05) is 48.5 Å². The summed E-state index contributed by atoms with van der Waals surface area (Å²) in [5, 5.41) is 13.5. The van der Waals surface area contributed by atoms with Gasteiger partial charge in [-0.3, -0.25) is 0 Å². The van der Waals surface area contributed by atoms with E-state index >= 15 is 0 Å². The van der Waals surface area contributed by atoms with Crippen molar-refractivity contribution in [1.29, 1.82) is 0 Å². The molecule has 0 aliphatic rings. The maximum absolute atomic E-state index is 10.1. The number of rotatable bonds is 7. The number of nitrogens with one attached hydrogen (secondary N) is 1.